The van der Waals surface area contributed by atoms with E-state index in [2.05, 4.69) is 26.2 Å². The Labute approximate surface area is 164 Å². The molecule has 27 heavy (non-hydrogen) atoms. The predicted octanol–water partition coefficient (Wildman–Crippen LogP) is 4.11. The van der Waals surface area contributed by atoms with Gasteiger partial charge in [-0.3, -0.25) is 4.79 Å². The molecule has 0 aliphatic heterocycles. The lowest BCUT2D eigenvalue weighted by Crippen LogP contribution is -2.21. The second-order valence-electron chi connectivity index (χ2n) is 6.60. The minimum Gasteiger partial charge on any atom is -0.490 e. The summed E-state index contributed by atoms with van der Waals surface area (Å²) in [6.07, 6.45) is 4.35. The minimum atomic E-state index is -0.0384. The minimum absolute atomic E-state index is 0.0203. The number of ether oxygens (including phenoxy) is 1. The number of hydrogen-bond acceptors (Lipinski definition) is 4. The van der Waals surface area contributed by atoms with Gasteiger partial charge in [0.2, 0.25) is 5.91 Å². The van der Waals surface area contributed by atoms with E-state index in [1.807, 2.05) is 68.3 Å². The highest BCUT2D eigenvalue weighted by Gasteiger charge is 2.18. The highest BCUT2D eigenvalue weighted by molar-refractivity contribution is 7.08. The smallest absolute Gasteiger partial charge is 0.226 e. The Morgan fingerprint density at radius 2 is 1.96 bits per heavy atom. The van der Waals surface area contributed by atoms with Gasteiger partial charge in [0.15, 0.2) is 0 Å². The molecule has 0 fully saturated rings. The van der Waals surface area contributed by atoms with Crippen molar-refractivity contribution >= 4 is 22.9 Å². The molecule has 3 aromatic rings. The van der Waals surface area contributed by atoms with Crippen LogP contribution in [0.1, 0.15) is 18.0 Å². The summed E-state index contributed by atoms with van der Waals surface area (Å²) in [6.45, 7) is 1.39. The van der Waals surface area contributed by atoms with Crippen molar-refractivity contribution < 1.29 is 9.53 Å². The van der Waals surface area contributed by atoms with Gasteiger partial charge in [0.25, 0.3) is 0 Å². The molecule has 6 heteroatoms. The highest BCUT2D eigenvalue weighted by atomic mass is 32.1. The number of para-hydroxylation sites is 2. The summed E-state index contributed by atoms with van der Waals surface area (Å²) in [7, 11) is 4.01. The number of likely N-dealkylation sites (N-methyl/N-ethyl adjacent to an activating group) is 1. The van der Waals surface area contributed by atoms with Gasteiger partial charge >= 0.3 is 0 Å². The first-order valence-electron chi connectivity index (χ1n) is 8.94. The van der Waals surface area contributed by atoms with Gasteiger partial charge in [0, 0.05) is 18.9 Å². The summed E-state index contributed by atoms with van der Waals surface area (Å²) in [5.74, 6) is 0.657. The number of rotatable bonds is 9. The number of nitrogens with one attached hydrogen (secondary N) is 1. The van der Waals surface area contributed by atoms with Crippen molar-refractivity contribution in [3.63, 3.8) is 0 Å². The molecule has 5 nitrogen and oxygen atoms in total. The third-order valence-corrected chi connectivity index (χ3v) is 4.95. The number of aromatic nitrogens is 1. The van der Waals surface area contributed by atoms with Crippen molar-refractivity contribution in [2.24, 2.45) is 0 Å². The number of carbonyl (C=O) groups is 1. The fourth-order valence-electron chi connectivity index (χ4n) is 2.83. The Balaban J connectivity index is 1.68. The molecule has 0 radical (unpaired) electrons. The standard InChI is InChI=1S/C21H25N3O2S/c1-23(2)12-13-26-20-8-4-3-7-18(20)22-21(25)15-19(17-9-14-27-16-17)24-10-5-6-11-24/h3-11,14,16,19H,12-13,15H2,1-2H3,(H,22,25)/t19-/m1/s1. The van der Waals surface area contributed by atoms with Crippen LogP contribution >= 0.6 is 11.3 Å². The van der Waals surface area contributed by atoms with Gasteiger partial charge in [-0.2, -0.15) is 11.3 Å². The molecule has 1 amide bonds. The molecule has 0 aliphatic carbocycles. The summed E-state index contributed by atoms with van der Waals surface area (Å²) >= 11 is 1.64. The number of hydrogen-bond donors (Lipinski definition) is 1. The van der Waals surface area contributed by atoms with Gasteiger partial charge < -0.3 is 19.5 Å². The lowest BCUT2D eigenvalue weighted by molar-refractivity contribution is -0.116. The van der Waals surface area contributed by atoms with Crippen LogP contribution in [0.15, 0.2) is 65.6 Å². The van der Waals surface area contributed by atoms with Crippen LogP contribution in [0.2, 0.25) is 0 Å². The van der Waals surface area contributed by atoms with Crippen molar-refractivity contribution in [1.29, 1.82) is 0 Å². The monoisotopic (exact) mass is 383 g/mol. The zero-order valence-electron chi connectivity index (χ0n) is 15.7. The van der Waals surface area contributed by atoms with Crippen LogP contribution in [-0.2, 0) is 4.79 Å². The lowest BCUT2D eigenvalue weighted by Gasteiger charge is -2.19. The number of anilines is 1. The number of nitrogens with zero attached hydrogens (tertiary/aromatic N) is 2. The van der Waals surface area contributed by atoms with E-state index in [9.17, 15) is 4.79 Å². The second kappa shape index (κ2) is 9.39. The largest absolute Gasteiger partial charge is 0.490 e. The fourth-order valence-corrected chi connectivity index (χ4v) is 3.53. The Morgan fingerprint density at radius 3 is 2.67 bits per heavy atom. The van der Waals surface area contributed by atoms with Gasteiger partial charge in [0.1, 0.15) is 12.4 Å². The van der Waals surface area contributed by atoms with Gasteiger partial charge in [-0.25, -0.2) is 0 Å². The Hall–Kier alpha value is -2.57. The molecule has 142 valence electrons. The predicted molar refractivity (Wildman–Crippen MR) is 111 cm³/mol. The van der Waals surface area contributed by atoms with E-state index in [4.69, 9.17) is 4.74 Å². The maximum atomic E-state index is 12.8. The third kappa shape index (κ3) is 5.45. The molecule has 2 heterocycles. The van der Waals surface area contributed by atoms with Gasteiger partial charge in [-0.05, 0) is 60.8 Å². The second-order valence-corrected chi connectivity index (χ2v) is 7.38. The maximum Gasteiger partial charge on any atom is 0.226 e. The molecule has 0 unspecified atom stereocenters. The average Bonchev–Trinajstić information content (AvgIpc) is 3.35. The van der Waals surface area contributed by atoms with Crippen LogP contribution in [-0.4, -0.2) is 42.6 Å². The summed E-state index contributed by atoms with van der Waals surface area (Å²) in [5, 5.41) is 7.15. The normalized spacial score (nSPS) is 12.1. The summed E-state index contributed by atoms with van der Waals surface area (Å²) in [6, 6.07) is 13.6. The van der Waals surface area contributed by atoms with Gasteiger partial charge in [0.05, 0.1) is 18.2 Å². The summed E-state index contributed by atoms with van der Waals surface area (Å²) < 4.78 is 7.91. The number of amides is 1. The van der Waals surface area contributed by atoms with Crippen molar-refractivity contribution in [2.45, 2.75) is 12.5 Å². The van der Waals surface area contributed by atoms with E-state index in [0.717, 1.165) is 12.1 Å². The molecule has 0 aliphatic rings. The zero-order valence-corrected chi connectivity index (χ0v) is 16.5. The maximum absolute atomic E-state index is 12.8. The topological polar surface area (TPSA) is 46.5 Å². The number of thiophene rings is 1. The van der Waals surface area contributed by atoms with Crippen molar-refractivity contribution in [2.75, 3.05) is 32.6 Å². The molecule has 3 rings (SSSR count). The molecule has 1 N–H and O–H groups in total. The van der Waals surface area contributed by atoms with Crippen LogP contribution < -0.4 is 10.1 Å². The zero-order chi connectivity index (χ0) is 19.1. The van der Waals surface area contributed by atoms with E-state index in [1.165, 1.54) is 0 Å². The van der Waals surface area contributed by atoms with Crippen LogP contribution in [0.25, 0.3) is 0 Å². The van der Waals surface area contributed by atoms with Crippen molar-refractivity contribution in [3.05, 3.63) is 71.2 Å². The van der Waals surface area contributed by atoms with E-state index in [1.54, 1.807) is 11.3 Å². The summed E-state index contributed by atoms with van der Waals surface area (Å²) in [4.78, 5) is 14.8. The van der Waals surface area contributed by atoms with Crippen LogP contribution in [0, 0.1) is 0 Å². The average molecular weight is 384 g/mol. The molecule has 1 aromatic carbocycles. The van der Waals surface area contributed by atoms with Crippen molar-refractivity contribution in [3.8, 4) is 5.75 Å². The molecule has 1 atom stereocenters. The molecule has 0 saturated carbocycles. The van der Waals surface area contributed by atoms with E-state index in [-0.39, 0.29) is 11.9 Å². The van der Waals surface area contributed by atoms with Crippen LogP contribution in [0.5, 0.6) is 5.75 Å². The Bertz CT molecular complexity index is 795. The van der Waals surface area contributed by atoms with Gasteiger partial charge in [-0.1, -0.05) is 12.1 Å². The summed E-state index contributed by atoms with van der Waals surface area (Å²) in [5.41, 5.74) is 1.85. The lowest BCUT2D eigenvalue weighted by atomic mass is 10.1. The molecule has 0 spiro atoms. The third-order valence-electron chi connectivity index (χ3n) is 4.25. The van der Waals surface area contributed by atoms with E-state index in [0.29, 0.717) is 24.5 Å². The first-order chi connectivity index (χ1) is 13.1. The highest BCUT2D eigenvalue weighted by Crippen LogP contribution is 2.27. The molecule has 2 aromatic heterocycles. The molecule has 0 saturated heterocycles. The van der Waals surface area contributed by atoms with E-state index < -0.39 is 0 Å². The Morgan fingerprint density at radius 1 is 1.19 bits per heavy atom. The number of carbonyl (C=O) groups excluding carboxylic acids is 1. The van der Waals surface area contributed by atoms with Crippen LogP contribution in [0.4, 0.5) is 5.69 Å². The van der Waals surface area contributed by atoms with Crippen LogP contribution in [0.3, 0.4) is 0 Å². The van der Waals surface area contributed by atoms with E-state index >= 15 is 0 Å². The molecular formula is C21H25N3O2S. The number of benzene rings is 1. The van der Waals surface area contributed by atoms with Gasteiger partial charge in [-0.15, -0.1) is 0 Å². The molecular weight excluding hydrogens is 358 g/mol. The first kappa shape index (κ1) is 19.2. The fraction of sp³-hybridized carbons (Fsp3) is 0.286. The quantitative estimate of drug-likeness (QED) is 0.605. The molecule has 0 bridgehead atoms. The first-order valence-corrected chi connectivity index (χ1v) is 9.88. The Kier molecular flexibility index (Phi) is 6.68. The SMILES string of the molecule is CN(C)CCOc1ccccc1NC(=O)C[C@H](c1ccsc1)n1cccc1. The van der Waals surface area contributed by atoms with Crippen molar-refractivity contribution in [1.82, 2.24) is 9.47 Å².